The Morgan fingerprint density at radius 2 is 1.89 bits per heavy atom. The van der Waals surface area contributed by atoms with Crippen molar-refractivity contribution in [2.24, 2.45) is 5.92 Å². The second-order valence-electron chi connectivity index (χ2n) is 7.78. The molecular formula is C22H25N3O3. The van der Waals surface area contributed by atoms with Gasteiger partial charge in [0.2, 0.25) is 5.95 Å². The molecule has 0 spiro atoms. The average molecular weight is 379 g/mol. The van der Waals surface area contributed by atoms with Crippen LogP contribution in [0.1, 0.15) is 26.7 Å². The van der Waals surface area contributed by atoms with Crippen molar-refractivity contribution in [3.8, 4) is 16.9 Å². The molecule has 3 N–H and O–H groups in total. The monoisotopic (exact) mass is 379 g/mol. The minimum absolute atomic E-state index is 0.0112. The number of ether oxygens (including phenoxy) is 1. The Kier molecular flexibility index (Phi) is 4.81. The first-order valence-electron chi connectivity index (χ1n) is 9.67. The number of hydrogen-bond donors (Lipinski definition) is 2. The van der Waals surface area contributed by atoms with Crippen LogP contribution in [0.4, 0.5) is 5.95 Å². The number of hydrogen-bond acceptors (Lipinski definition) is 5. The second-order valence-corrected chi connectivity index (χ2v) is 7.78. The summed E-state index contributed by atoms with van der Waals surface area (Å²) >= 11 is 0. The van der Waals surface area contributed by atoms with Crippen LogP contribution in [-0.2, 0) is 11.3 Å². The molecule has 1 fully saturated rings. The normalized spacial score (nSPS) is 19.5. The van der Waals surface area contributed by atoms with E-state index in [1.54, 1.807) is 18.2 Å². The van der Waals surface area contributed by atoms with E-state index in [4.69, 9.17) is 10.5 Å². The summed E-state index contributed by atoms with van der Waals surface area (Å²) in [5.41, 5.74) is 8.40. The van der Waals surface area contributed by atoms with Gasteiger partial charge in [0.1, 0.15) is 5.75 Å². The van der Waals surface area contributed by atoms with Crippen LogP contribution >= 0.6 is 0 Å². The van der Waals surface area contributed by atoms with Crippen molar-refractivity contribution in [1.82, 2.24) is 9.55 Å². The van der Waals surface area contributed by atoms with Crippen molar-refractivity contribution in [1.29, 1.82) is 0 Å². The molecular weight excluding hydrogens is 354 g/mol. The van der Waals surface area contributed by atoms with Crippen LogP contribution in [0.15, 0.2) is 47.3 Å². The third-order valence-corrected chi connectivity index (χ3v) is 5.46. The van der Waals surface area contributed by atoms with E-state index in [9.17, 15) is 9.90 Å². The van der Waals surface area contributed by atoms with Gasteiger partial charge in [0.25, 0.3) is 5.56 Å². The van der Waals surface area contributed by atoms with Crippen molar-refractivity contribution in [2.45, 2.75) is 45.4 Å². The van der Waals surface area contributed by atoms with Crippen LogP contribution in [0, 0.1) is 5.92 Å². The number of aromatic hydroxyl groups is 1. The van der Waals surface area contributed by atoms with E-state index in [-0.39, 0.29) is 29.5 Å². The molecule has 4 rings (SSSR count). The highest BCUT2D eigenvalue weighted by molar-refractivity contribution is 5.84. The molecule has 28 heavy (non-hydrogen) atoms. The summed E-state index contributed by atoms with van der Waals surface area (Å²) in [6.07, 6.45) is 2.16. The lowest BCUT2D eigenvalue weighted by atomic mass is 10.0. The van der Waals surface area contributed by atoms with Crippen LogP contribution in [-0.4, -0.2) is 26.9 Å². The molecule has 1 aliphatic rings. The predicted octanol–water partition coefficient (Wildman–Crippen LogP) is 3.55. The van der Waals surface area contributed by atoms with Crippen molar-refractivity contribution >= 4 is 16.9 Å². The summed E-state index contributed by atoms with van der Waals surface area (Å²) in [6, 6.07) is 12.4. The van der Waals surface area contributed by atoms with Crippen molar-refractivity contribution in [3.63, 3.8) is 0 Å². The highest BCUT2D eigenvalue weighted by Gasteiger charge is 2.28. The average Bonchev–Trinajstić information content (AvgIpc) is 3.14. The quantitative estimate of drug-likeness (QED) is 0.723. The summed E-state index contributed by atoms with van der Waals surface area (Å²) in [7, 11) is 0. The van der Waals surface area contributed by atoms with Gasteiger partial charge in [0.15, 0.2) is 0 Å². The number of phenolic OH excluding ortho intramolecular Hbond substituents is 1. The lowest BCUT2D eigenvalue weighted by molar-refractivity contribution is 0.0116. The molecule has 2 unspecified atom stereocenters. The maximum absolute atomic E-state index is 13.0. The van der Waals surface area contributed by atoms with Crippen LogP contribution in [0.3, 0.4) is 0 Å². The van der Waals surface area contributed by atoms with E-state index in [2.05, 4.69) is 18.8 Å². The molecule has 6 heteroatoms. The van der Waals surface area contributed by atoms with Gasteiger partial charge in [0.05, 0.1) is 29.7 Å². The number of phenols is 1. The zero-order chi connectivity index (χ0) is 19.8. The van der Waals surface area contributed by atoms with Gasteiger partial charge in [-0.05, 0) is 54.2 Å². The lowest BCUT2D eigenvalue weighted by Crippen LogP contribution is -2.30. The molecule has 1 aliphatic heterocycles. The molecule has 2 atom stereocenters. The summed E-state index contributed by atoms with van der Waals surface area (Å²) in [6.45, 7) is 4.73. The molecule has 0 saturated carbocycles. The number of benzene rings is 2. The number of nitrogens with zero attached hydrogens (tertiary/aromatic N) is 2. The van der Waals surface area contributed by atoms with Crippen molar-refractivity contribution < 1.29 is 9.84 Å². The molecule has 0 radical (unpaired) electrons. The Balaban J connectivity index is 1.66. The van der Waals surface area contributed by atoms with Gasteiger partial charge < -0.3 is 15.6 Å². The first-order valence-corrected chi connectivity index (χ1v) is 9.67. The maximum atomic E-state index is 13.0. The second kappa shape index (κ2) is 7.28. The van der Waals surface area contributed by atoms with Gasteiger partial charge in [0, 0.05) is 0 Å². The molecule has 146 valence electrons. The number of rotatable bonds is 4. The molecule has 0 bridgehead atoms. The fourth-order valence-corrected chi connectivity index (χ4v) is 3.81. The minimum atomic E-state index is -0.142. The van der Waals surface area contributed by atoms with Gasteiger partial charge in [-0.2, -0.15) is 0 Å². The third kappa shape index (κ3) is 3.47. The first kappa shape index (κ1) is 18.5. The zero-order valence-corrected chi connectivity index (χ0v) is 16.1. The van der Waals surface area contributed by atoms with Crippen molar-refractivity contribution in [2.75, 3.05) is 5.73 Å². The van der Waals surface area contributed by atoms with Crippen LogP contribution in [0.25, 0.3) is 22.0 Å². The fraction of sp³-hybridized carbons (Fsp3) is 0.364. The fourth-order valence-electron chi connectivity index (χ4n) is 3.81. The van der Waals surface area contributed by atoms with Gasteiger partial charge in [-0.3, -0.25) is 9.36 Å². The first-order chi connectivity index (χ1) is 13.4. The SMILES string of the molecule is CC(C)C1CCC(Cn2c(N)nc3cc(-c4ccc(O)cc4)ccc3c2=O)O1. The smallest absolute Gasteiger partial charge is 0.262 e. The Morgan fingerprint density at radius 1 is 1.18 bits per heavy atom. The molecule has 1 saturated heterocycles. The van der Waals surface area contributed by atoms with Gasteiger partial charge in [-0.1, -0.05) is 32.0 Å². The van der Waals surface area contributed by atoms with Crippen LogP contribution < -0.4 is 11.3 Å². The molecule has 0 aliphatic carbocycles. The molecule has 1 aromatic heterocycles. The summed E-state index contributed by atoms with van der Waals surface area (Å²) in [4.78, 5) is 17.5. The van der Waals surface area contributed by atoms with Crippen LogP contribution in [0.5, 0.6) is 5.75 Å². The highest BCUT2D eigenvalue weighted by Crippen LogP contribution is 2.27. The number of nitrogens with two attached hydrogens (primary N) is 1. The number of nitrogen functional groups attached to an aromatic ring is 1. The molecule has 3 aromatic rings. The Bertz CT molecular complexity index is 1060. The maximum Gasteiger partial charge on any atom is 0.262 e. The van der Waals surface area contributed by atoms with Crippen LogP contribution in [0.2, 0.25) is 0 Å². The molecule has 6 nitrogen and oxygen atoms in total. The van der Waals surface area contributed by atoms with Crippen molar-refractivity contribution in [3.05, 3.63) is 52.8 Å². The van der Waals surface area contributed by atoms with E-state index in [1.165, 1.54) is 4.57 Å². The van der Waals surface area contributed by atoms with E-state index in [0.717, 1.165) is 24.0 Å². The van der Waals surface area contributed by atoms with E-state index in [0.29, 0.717) is 23.4 Å². The molecule has 0 amide bonds. The number of fused-ring (bicyclic) bond motifs is 1. The highest BCUT2D eigenvalue weighted by atomic mass is 16.5. The topological polar surface area (TPSA) is 90.4 Å². The summed E-state index contributed by atoms with van der Waals surface area (Å²) in [5, 5.41) is 10.00. The van der Waals surface area contributed by atoms with E-state index < -0.39 is 0 Å². The molecule has 2 heterocycles. The number of anilines is 1. The summed E-state index contributed by atoms with van der Waals surface area (Å²) in [5.74, 6) is 0.882. The minimum Gasteiger partial charge on any atom is -0.508 e. The Labute approximate surface area is 163 Å². The Hall–Kier alpha value is -2.86. The largest absolute Gasteiger partial charge is 0.508 e. The number of aromatic nitrogens is 2. The lowest BCUT2D eigenvalue weighted by Gasteiger charge is -2.18. The third-order valence-electron chi connectivity index (χ3n) is 5.46. The predicted molar refractivity (Wildman–Crippen MR) is 110 cm³/mol. The Morgan fingerprint density at radius 3 is 2.57 bits per heavy atom. The van der Waals surface area contributed by atoms with Gasteiger partial charge >= 0.3 is 0 Å². The zero-order valence-electron chi connectivity index (χ0n) is 16.1. The van der Waals surface area contributed by atoms with E-state index >= 15 is 0 Å². The summed E-state index contributed by atoms with van der Waals surface area (Å²) < 4.78 is 7.60. The molecule has 2 aromatic carbocycles. The van der Waals surface area contributed by atoms with E-state index in [1.807, 2.05) is 24.3 Å². The van der Waals surface area contributed by atoms with Gasteiger partial charge in [-0.15, -0.1) is 0 Å². The van der Waals surface area contributed by atoms with Gasteiger partial charge in [-0.25, -0.2) is 4.98 Å². The standard InChI is InChI=1S/C22H25N3O3/c1-13(2)20-10-8-17(28-20)12-25-21(27)18-9-5-15(11-19(18)24-22(25)23)14-3-6-16(26)7-4-14/h3-7,9,11,13,17,20,26H,8,10,12H2,1-2H3,(H2,23,24).